The summed E-state index contributed by atoms with van der Waals surface area (Å²) in [4.78, 5) is 27.3. The predicted molar refractivity (Wildman–Crippen MR) is 115 cm³/mol. The van der Waals surface area contributed by atoms with Crippen molar-refractivity contribution in [3.63, 3.8) is 0 Å². The van der Waals surface area contributed by atoms with Crippen molar-refractivity contribution < 1.29 is 26.6 Å². The lowest BCUT2D eigenvalue weighted by atomic mass is 9.97. The number of thiophene rings is 1. The minimum atomic E-state index is -0.115. The third kappa shape index (κ3) is 4.97. The molecule has 0 saturated heterocycles. The fourth-order valence-corrected chi connectivity index (χ4v) is 5.09. The van der Waals surface area contributed by atoms with E-state index in [0.717, 1.165) is 36.8 Å². The number of fused-ring (bicyclic) bond motifs is 1. The number of aryl methyl sites for hydroxylation is 2. The monoisotopic (exact) mass is 440 g/mol. The number of halogens is 1. The lowest BCUT2D eigenvalue weighted by Crippen LogP contribution is -3.00. The van der Waals surface area contributed by atoms with Gasteiger partial charge in [-0.3, -0.25) is 9.59 Å². The molecule has 1 aromatic carbocycles. The predicted octanol–water partition coefficient (Wildman–Crippen LogP) is 1.49. The van der Waals surface area contributed by atoms with Crippen molar-refractivity contribution in [3.8, 4) is 0 Å². The Morgan fingerprint density at radius 3 is 2.43 bits per heavy atom. The molecule has 3 aromatic rings. The number of anilines is 1. The quantitative estimate of drug-likeness (QED) is 0.371. The summed E-state index contributed by atoms with van der Waals surface area (Å²) in [6.45, 7) is 2.24. The van der Waals surface area contributed by atoms with Crippen LogP contribution in [0.3, 0.4) is 0 Å². The number of amides is 1. The van der Waals surface area contributed by atoms with E-state index in [1.807, 2.05) is 66.3 Å². The van der Waals surface area contributed by atoms with Crippen molar-refractivity contribution in [1.29, 1.82) is 0 Å². The van der Waals surface area contributed by atoms with Gasteiger partial charge in [-0.25, -0.2) is 0 Å². The number of carbonyl (C=O) groups excluding carboxylic acids is 2. The molecule has 0 saturated carbocycles. The fraction of sp³-hybridized carbons (Fsp3) is 0.292. The summed E-state index contributed by atoms with van der Waals surface area (Å²) in [5.74, 6) is -0.109. The topological polar surface area (TPSA) is 50.1 Å². The Kier molecular flexibility index (Phi) is 7.40. The summed E-state index contributed by atoms with van der Waals surface area (Å²) in [5, 5.41) is 3.73. The van der Waals surface area contributed by atoms with Gasteiger partial charge in [-0.2, -0.15) is 4.57 Å². The van der Waals surface area contributed by atoms with E-state index in [0.29, 0.717) is 16.1 Å². The molecule has 0 fully saturated rings. The van der Waals surface area contributed by atoms with Gasteiger partial charge in [0.1, 0.15) is 5.00 Å². The second-order valence-electron chi connectivity index (χ2n) is 7.56. The molecule has 1 aliphatic rings. The molecule has 0 spiro atoms. The van der Waals surface area contributed by atoms with Gasteiger partial charge in [-0.1, -0.05) is 42.3 Å². The Morgan fingerprint density at radius 1 is 1.00 bits per heavy atom. The molecule has 1 amide bonds. The number of ketones is 1. The Bertz CT molecular complexity index is 1030. The van der Waals surface area contributed by atoms with Crippen molar-refractivity contribution in [2.75, 3.05) is 5.32 Å². The summed E-state index contributed by atoms with van der Waals surface area (Å²) in [6.07, 6.45) is 9.03. The molecular formula is C24H25ClN2O2S. The van der Waals surface area contributed by atoms with Gasteiger partial charge >= 0.3 is 0 Å². The number of nitrogens with one attached hydrogen (secondary N) is 1. The van der Waals surface area contributed by atoms with Crippen molar-refractivity contribution in [3.05, 3.63) is 82.0 Å². The second kappa shape index (κ2) is 10.0. The number of hydrogen-bond donors (Lipinski definition) is 1. The molecule has 30 heavy (non-hydrogen) atoms. The van der Waals surface area contributed by atoms with Gasteiger partial charge in [-0.15, -0.1) is 11.3 Å². The van der Waals surface area contributed by atoms with Crippen LogP contribution in [-0.2, 0) is 24.2 Å². The third-order valence-corrected chi connectivity index (χ3v) is 6.53. The molecule has 0 atom stereocenters. The average Bonchev–Trinajstić information content (AvgIpc) is 2.89. The van der Waals surface area contributed by atoms with Gasteiger partial charge in [0.15, 0.2) is 18.2 Å². The molecule has 0 aliphatic heterocycles. The number of hydrogen-bond acceptors (Lipinski definition) is 3. The zero-order valence-corrected chi connectivity index (χ0v) is 18.6. The number of nitrogens with zero attached hydrogens (tertiary/aromatic N) is 1. The standard InChI is InChI=1S/C24H24N2O2S.ClH/c1-17-10-12-18(13-11-17)23(28)22-19-8-4-2-5-9-20(19)29-24(22)25-21(27)16-26-14-6-3-7-15-26;/h3,6-7,10-15H,2,4-5,8-9,16H2,1H3;1H. The van der Waals surface area contributed by atoms with Crippen molar-refractivity contribution in [2.24, 2.45) is 0 Å². The van der Waals surface area contributed by atoms with Crippen LogP contribution >= 0.6 is 11.3 Å². The molecule has 0 radical (unpaired) electrons. The molecule has 2 aromatic heterocycles. The van der Waals surface area contributed by atoms with Crippen LogP contribution < -0.4 is 22.3 Å². The summed E-state index contributed by atoms with van der Waals surface area (Å²) in [7, 11) is 0. The summed E-state index contributed by atoms with van der Waals surface area (Å²) < 4.78 is 1.83. The Morgan fingerprint density at radius 2 is 1.70 bits per heavy atom. The van der Waals surface area contributed by atoms with Crippen LogP contribution in [0, 0.1) is 6.92 Å². The van der Waals surface area contributed by atoms with Crippen LogP contribution in [0.4, 0.5) is 5.00 Å². The Balaban J connectivity index is 0.00000256. The maximum atomic E-state index is 13.4. The lowest BCUT2D eigenvalue weighted by Gasteiger charge is -2.08. The Labute approximate surface area is 187 Å². The highest BCUT2D eigenvalue weighted by molar-refractivity contribution is 7.17. The molecule has 1 N–H and O–H groups in total. The Hall–Kier alpha value is -2.50. The van der Waals surface area contributed by atoms with E-state index in [1.54, 1.807) is 11.3 Å². The van der Waals surface area contributed by atoms with Crippen LogP contribution in [-0.4, -0.2) is 11.7 Å². The lowest BCUT2D eigenvalue weighted by molar-refractivity contribution is -0.684. The molecule has 2 heterocycles. The van der Waals surface area contributed by atoms with E-state index in [-0.39, 0.29) is 30.6 Å². The highest BCUT2D eigenvalue weighted by Crippen LogP contribution is 2.38. The normalized spacial score (nSPS) is 13.0. The largest absolute Gasteiger partial charge is 1.00 e. The van der Waals surface area contributed by atoms with Crippen LogP contribution in [0.25, 0.3) is 0 Å². The molecule has 1 aliphatic carbocycles. The first-order valence-corrected chi connectivity index (χ1v) is 10.9. The molecule has 156 valence electrons. The minimum absolute atomic E-state index is 0. The molecule has 6 heteroatoms. The van der Waals surface area contributed by atoms with Gasteiger partial charge in [0, 0.05) is 22.6 Å². The number of aromatic nitrogens is 1. The summed E-state index contributed by atoms with van der Waals surface area (Å²) in [6, 6.07) is 13.4. The van der Waals surface area contributed by atoms with Crippen LogP contribution in [0.15, 0.2) is 54.9 Å². The minimum Gasteiger partial charge on any atom is -1.00 e. The maximum Gasteiger partial charge on any atom is 0.290 e. The second-order valence-corrected chi connectivity index (χ2v) is 8.66. The molecule has 4 nitrogen and oxygen atoms in total. The number of rotatable bonds is 5. The smallest absolute Gasteiger partial charge is 0.290 e. The van der Waals surface area contributed by atoms with Gasteiger partial charge in [-0.05, 0) is 38.2 Å². The number of benzene rings is 1. The van der Waals surface area contributed by atoms with Crippen LogP contribution in [0.2, 0.25) is 0 Å². The number of pyridine rings is 1. The summed E-state index contributed by atoms with van der Waals surface area (Å²) >= 11 is 1.58. The first-order valence-electron chi connectivity index (χ1n) is 10.1. The molecule has 0 bridgehead atoms. The third-order valence-electron chi connectivity index (χ3n) is 5.32. The van der Waals surface area contributed by atoms with E-state index in [9.17, 15) is 9.59 Å². The van der Waals surface area contributed by atoms with Crippen molar-refractivity contribution in [2.45, 2.75) is 45.6 Å². The van der Waals surface area contributed by atoms with Crippen LogP contribution in [0.5, 0.6) is 0 Å². The van der Waals surface area contributed by atoms with E-state index >= 15 is 0 Å². The maximum absolute atomic E-state index is 13.4. The molecule has 4 rings (SSSR count). The zero-order chi connectivity index (χ0) is 20.2. The van der Waals surface area contributed by atoms with E-state index in [4.69, 9.17) is 0 Å². The highest BCUT2D eigenvalue weighted by Gasteiger charge is 2.27. The van der Waals surface area contributed by atoms with Gasteiger partial charge in [0.25, 0.3) is 5.91 Å². The molecular weight excluding hydrogens is 416 g/mol. The highest BCUT2D eigenvalue weighted by atomic mass is 35.5. The average molecular weight is 441 g/mol. The number of carbonyl (C=O) groups is 2. The zero-order valence-electron chi connectivity index (χ0n) is 17.0. The first kappa shape index (κ1) is 22.2. The van der Waals surface area contributed by atoms with Gasteiger partial charge in [0.2, 0.25) is 6.54 Å². The van der Waals surface area contributed by atoms with Crippen LogP contribution in [0.1, 0.15) is 51.2 Å². The van der Waals surface area contributed by atoms with E-state index in [2.05, 4.69) is 5.32 Å². The first-order chi connectivity index (χ1) is 14.1. The van der Waals surface area contributed by atoms with Gasteiger partial charge in [0.05, 0.1) is 5.56 Å². The van der Waals surface area contributed by atoms with Crippen molar-refractivity contribution in [1.82, 2.24) is 0 Å². The SMILES string of the molecule is Cc1ccc(C(=O)c2c(NC(=O)C[n+]3ccccc3)sc3c2CCCCC3)cc1.[Cl-]. The molecule has 0 unspecified atom stereocenters. The van der Waals surface area contributed by atoms with E-state index < -0.39 is 0 Å². The summed E-state index contributed by atoms with van der Waals surface area (Å²) in [5.41, 5.74) is 3.63. The van der Waals surface area contributed by atoms with E-state index in [1.165, 1.54) is 11.3 Å². The van der Waals surface area contributed by atoms with Gasteiger partial charge < -0.3 is 17.7 Å². The van der Waals surface area contributed by atoms with Crippen molar-refractivity contribution >= 4 is 28.0 Å². The fourth-order valence-electron chi connectivity index (χ4n) is 3.79.